The summed E-state index contributed by atoms with van der Waals surface area (Å²) in [4.78, 5) is 0. The van der Waals surface area contributed by atoms with Crippen molar-refractivity contribution in [2.45, 2.75) is 66.2 Å². The Bertz CT molecular complexity index is 447. The van der Waals surface area contributed by atoms with Crippen LogP contribution in [0.25, 0.3) is 0 Å². The van der Waals surface area contributed by atoms with E-state index >= 15 is 0 Å². The molecule has 0 aromatic heterocycles. The van der Waals surface area contributed by atoms with Crippen molar-refractivity contribution in [3.05, 3.63) is 17.7 Å². The lowest BCUT2D eigenvalue weighted by atomic mass is 9.86. The van der Waals surface area contributed by atoms with E-state index in [4.69, 9.17) is 14.2 Å². The van der Waals surface area contributed by atoms with E-state index in [1.807, 2.05) is 6.07 Å². The lowest BCUT2D eigenvalue weighted by Crippen LogP contribution is -2.15. The molecular weight excluding hydrogens is 276 g/mol. The van der Waals surface area contributed by atoms with E-state index < -0.39 is 0 Å². The van der Waals surface area contributed by atoms with E-state index in [0.29, 0.717) is 19.8 Å². The third-order valence-corrected chi connectivity index (χ3v) is 3.22. The summed E-state index contributed by atoms with van der Waals surface area (Å²) in [5, 5.41) is 0. The molecule has 1 rings (SSSR count). The highest BCUT2D eigenvalue weighted by Gasteiger charge is 2.24. The first-order chi connectivity index (χ1) is 10.4. The maximum Gasteiger partial charge on any atom is 0.165 e. The number of benzene rings is 1. The van der Waals surface area contributed by atoms with Gasteiger partial charge in [0.05, 0.1) is 19.8 Å². The smallest absolute Gasteiger partial charge is 0.165 e. The maximum atomic E-state index is 6.02. The highest BCUT2D eigenvalue weighted by Crippen LogP contribution is 2.42. The largest absolute Gasteiger partial charge is 0.493 e. The number of ether oxygens (including phenoxy) is 3. The fourth-order valence-electron chi connectivity index (χ4n) is 2.11. The second-order valence-corrected chi connectivity index (χ2v) is 6.59. The van der Waals surface area contributed by atoms with Crippen molar-refractivity contribution in [2.75, 3.05) is 19.8 Å². The zero-order chi connectivity index (χ0) is 16.6. The molecule has 3 nitrogen and oxygen atoms in total. The molecule has 0 saturated carbocycles. The number of hydrogen-bond donors (Lipinski definition) is 0. The van der Waals surface area contributed by atoms with Crippen LogP contribution >= 0.6 is 0 Å². The van der Waals surface area contributed by atoms with E-state index in [1.54, 1.807) is 0 Å². The zero-order valence-electron chi connectivity index (χ0n) is 15.1. The molecule has 0 amide bonds. The summed E-state index contributed by atoms with van der Waals surface area (Å²) >= 11 is 0. The number of rotatable bonds is 9. The van der Waals surface area contributed by atoms with E-state index in [-0.39, 0.29) is 5.41 Å². The molecule has 3 heteroatoms. The second kappa shape index (κ2) is 8.92. The average molecular weight is 308 g/mol. The molecule has 1 aromatic rings. The van der Waals surface area contributed by atoms with Gasteiger partial charge >= 0.3 is 0 Å². The van der Waals surface area contributed by atoms with Crippen molar-refractivity contribution in [1.29, 1.82) is 0 Å². The Balaban J connectivity index is 3.26. The fraction of sp³-hybridized carbons (Fsp3) is 0.684. The summed E-state index contributed by atoms with van der Waals surface area (Å²) in [6.07, 6.45) is 2.94. The van der Waals surface area contributed by atoms with Gasteiger partial charge in [0.1, 0.15) is 5.75 Å². The Morgan fingerprint density at radius 2 is 1.32 bits per heavy atom. The van der Waals surface area contributed by atoms with E-state index in [1.165, 1.54) is 0 Å². The fourth-order valence-corrected chi connectivity index (χ4v) is 2.11. The quantitative estimate of drug-likeness (QED) is 0.615. The van der Waals surface area contributed by atoms with E-state index in [9.17, 15) is 0 Å². The van der Waals surface area contributed by atoms with E-state index in [2.05, 4.69) is 47.6 Å². The average Bonchev–Trinajstić information content (AvgIpc) is 2.47. The van der Waals surface area contributed by atoms with Gasteiger partial charge in [0, 0.05) is 11.6 Å². The van der Waals surface area contributed by atoms with Gasteiger partial charge in [-0.1, -0.05) is 41.5 Å². The first-order valence-corrected chi connectivity index (χ1v) is 8.50. The van der Waals surface area contributed by atoms with Crippen molar-refractivity contribution in [2.24, 2.45) is 0 Å². The van der Waals surface area contributed by atoms with Crippen LogP contribution in [0.2, 0.25) is 0 Å². The standard InChI is InChI=1S/C19H32O3/c1-7-10-20-15-13-16(19(4,5)6)18(22-12-9-3)17(14-15)21-11-8-2/h13-14H,7-12H2,1-6H3. The van der Waals surface area contributed by atoms with Gasteiger partial charge in [-0.3, -0.25) is 0 Å². The van der Waals surface area contributed by atoms with Crippen LogP contribution in [0.3, 0.4) is 0 Å². The maximum absolute atomic E-state index is 6.02. The Morgan fingerprint density at radius 3 is 1.86 bits per heavy atom. The Hall–Kier alpha value is -1.38. The molecule has 1 aromatic carbocycles. The first-order valence-electron chi connectivity index (χ1n) is 8.50. The molecule has 0 saturated heterocycles. The topological polar surface area (TPSA) is 27.7 Å². The first kappa shape index (κ1) is 18.7. The summed E-state index contributed by atoms with van der Waals surface area (Å²) in [7, 11) is 0. The van der Waals surface area contributed by atoms with Crippen LogP contribution in [0.5, 0.6) is 17.2 Å². The van der Waals surface area contributed by atoms with Crippen molar-refractivity contribution >= 4 is 0 Å². The van der Waals surface area contributed by atoms with Gasteiger partial charge in [0.15, 0.2) is 11.5 Å². The molecule has 0 spiro atoms. The molecule has 126 valence electrons. The molecule has 0 atom stereocenters. The predicted octanol–water partition coefficient (Wildman–Crippen LogP) is 5.35. The molecule has 0 aliphatic rings. The van der Waals surface area contributed by atoms with Gasteiger partial charge in [0.2, 0.25) is 0 Å². The van der Waals surface area contributed by atoms with Crippen LogP contribution in [0, 0.1) is 0 Å². The van der Waals surface area contributed by atoms with Crippen LogP contribution in [0.1, 0.15) is 66.4 Å². The summed E-state index contributed by atoms with van der Waals surface area (Å²) in [6, 6.07) is 4.06. The molecule has 0 aliphatic carbocycles. The van der Waals surface area contributed by atoms with Crippen LogP contribution in [-0.4, -0.2) is 19.8 Å². The Kier molecular flexibility index (Phi) is 7.57. The lowest BCUT2D eigenvalue weighted by Gasteiger charge is -2.26. The Morgan fingerprint density at radius 1 is 0.773 bits per heavy atom. The molecule has 0 fully saturated rings. The lowest BCUT2D eigenvalue weighted by molar-refractivity contribution is 0.258. The highest BCUT2D eigenvalue weighted by atomic mass is 16.5. The molecule has 22 heavy (non-hydrogen) atoms. The monoisotopic (exact) mass is 308 g/mol. The number of hydrogen-bond acceptors (Lipinski definition) is 3. The van der Waals surface area contributed by atoms with Gasteiger partial charge in [-0.15, -0.1) is 0 Å². The van der Waals surface area contributed by atoms with Crippen LogP contribution in [0.15, 0.2) is 12.1 Å². The molecular formula is C19H32O3. The molecule has 0 N–H and O–H groups in total. The third-order valence-electron chi connectivity index (χ3n) is 3.22. The normalized spacial score (nSPS) is 11.4. The molecule has 0 unspecified atom stereocenters. The van der Waals surface area contributed by atoms with Gasteiger partial charge in [-0.25, -0.2) is 0 Å². The van der Waals surface area contributed by atoms with Gasteiger partial charge < -0.3 is 14.2 Å². The summed E-state index contributed by atoms with van der Waals surface area (Å²) in [6.45, 7) is 15.0. The van der Waals surface area contributed by atoms with Gasteiger partial charge in [0.25, 0.3) is 0 Å². The molecule has 0 aliphatic heterocycles. The van der Waals surface area contributed by atoms with Gasteiger partial charge in [-0.05, 0) is 30.7 Å². The predicted molar refractivity (Wildman–Crippen MR) is 92.5 cm³/mol. The minimum Gasteiger partial charge on any atom is -0.493 e. The summed E-state index contributed by atoms with van der Waals surface area (Å²) < 4.78 is 17.8. The Labute approximate surface area is 136 Å². The van der Waals surface area contributed by atoms with Crippen molar-refractivity contribution in [1.82, 2.24) is 0 Å². The van der Waals surface area contributed by atoms with Crippen molar-refractivity contribution in [3.8, 4) is 17.2 Å². The van der Waals surface area contributed by atoms with Crippen LogP contribution in [0.4, 0.5) is 0 Å². The minimum absolute atomic E-state index is 0.0288. The molecule has 0 radical (unpaired) electrons. The molecule has 0 bridgehead atoms. The third kappa shape index (κ3) is 5.43. The van der Waals surface area contributed by atoms with Gasteiger partial charge in [-0.2, -0.15) is 0 Å². The second-order valence-electron chi connectivity index (χ2n) is 6.59. The zero-order valence-corrected chi connectivity index (χ0v) is 15.1. The van der Waals surface area contributed by atoms with Crippen molar-refractivity contribution < 1.29 is 14.2 Å². The van der Waals surface area contributed by atoms with Crippen LogP contribution in [-0.2, 0) is 5.41 Å². The van der Waals surface area contributed by atoms with Crippen molar-refractivity contribution in [3.63, 3.8) is 0 Å². The minimum atomic E-state index is -0.0288. The van der Waals surface area contributed by atoms with Crippen LogP contribution < -0.4 is 14.2 Å². The summed E-state index contributed by atoms with van der Waals surface area (Å²) in [5.74, 6) is 2.53. The highest BCUT2D eigenvalue weighted by molar-refractivity contribution is 5.54. The SMILES string of the molecule is CCCOc1cc(OCCC)c(OCCC)c(C(C)(C)C)c1. The molecule has 0 heterocycles. The summed E-state index contributed by atoms with van der Waals surface area (Å²) in [5.41, 5.74) is 1.11. The van der Waals surface area contributed by atoms with E-state index in [0.717, 1.165) is 42.1 Å².